The van der Waals surface area contributed by atoms with Crippen LogP contribution in [0, 0.1) is 6.92 Å². The van der Waals surface area contributed by atoms with Gasteiger partial charge in [-0.1, -0.05) is 35.5 Å². The van der Waals surface area contributed by atoms with Gasteiger partial charge in [0.15, 0.2) is 5.82 Å². The highest BCUT2D eigenvalue weighted by molar-refractivity contribution is 5.76. The van der Waals surface area contributed by atoms with Gasteiger partial charge in [-0.25, -0.2) is 0 Å². The zero-order chi connectivity index (χ0) is 18.4. The lowest BCUT2D eigenvalue weighted by Crippen LogP contribution is -2.51. The van der Waals surface area contributed by atoms with Crippen LogP contribution in [0.4, 0.5) is 0 Å². The van der Waals surface area contributed by atoms with Crippen LogP contribution in [0.15, 0.2) is 34.9 Å². The molecule has 0 spiro atoms. The molecular weight excluding hydrogens is 334 g/mol. The quantitative estimate of drug-likeness (QED) is 0.760. The summed E-state index contributed by atoms with van der Waals surface area (Å²) in [5, 5.41) is 14.6. The highest BCUT2D eigenvalue weighted by atomic mass is 16.5. The van der Waals surface area contributed by atoms with Gasteiger partial charge in [0.25, 0.3) is 0 Å². The normalized spacial score (nSPS) is 20.3. The van der Waals surface area contributed by atoms with E-state index in [-0.39, 0.29) is 18.9 Å². The smallest absolute Gasteiger partial charge is 0.229 e. The number of aromatic nitrogens is 2. The molecule has 0 bridgehead atoms. The summed E-state index contributed by atoms with van der Waals surface area (Å²) in [6.07, 6.45) is 1.94. The number of rotatable bonds is 7. The molecule has 1 fully saturated rings. The van der Waals surface area contributed by atoms with Crippen LogP contribution in [0.5, 0.6) is 0 Å². The Balaban J connectivity index is 1.45. The molecule has 2 heterocycles. The van der Waals surface area contributed by atoms with Crippen molar-refractivity contribution in [3.63, 3.8) is 0 Å². The van der Waals surface area contributed by atoms with Gasteiger partial charge in [0.2, 0.25) is 11.8 Å². The molecule has 1 saturated heterocycles. The molecule has 1 aliphatic rings. The van der Waals surface area contributed by atoms with Crippen LogP contribution in [0.2, 0.25) is 0 Å². The van der Waals surface area contributed by atoms with Crippen molar-refractivity contribution in [1.29, 1.82) is 0 Å². The lowest BCUT2D eigenvalue weighted by atomic mass is 9.89. The van der Waals surface area contributed by atoms with Crippen LogP contribution in [0.3, 0.4) is 0 Å². The number of carbonyl (C=O) groups excluding carboxylic acids is 1. The average Bonchev–Trinajstić information content (AvgIpc) is 3.03. The lowest BCUT2D eigenvalue weighted by Gasteiger charge is -2.38. The Morgan fingerprint density at radius 1 is 1.38 bits per heavy atom. The number of piperidine rings is 1. The van der Waals surface area contributed by atoms with E-state index in [2.05, 4.69) is 10.1 Å². The van der Waals surface area contributed by atoms with Crippen molar-refractivity contribution < 1.29 is 19.2 Å². The van der Waals surface area contributed by atoms with Crippen molar-refractivity contribution in [2.45, 2.75) is 44.8 Å². The molecule has 0 saturated carbocycles. The predicted octanol–water partition coefficient (Wildman–Crippen LogP) is 1.88. The van der Waals surface area contributed by atoms with Crippen molar-refractivity contribution in [3.8, 4) is 0 Å². The first kappa shape index (κ1) is 18.5. The van der Waals surface area contributed by atoms with E-state index >= 15 is 0 Å². The van der Waals surface area contributed by atoms with Crippen LogP contribution < -0.4 is 0 Å². The lowest BCUT2D eigenvalue weighted by molar-refractivity contribution is -0.139. The van der Waals surface area contributed by atoms with Crippen LogP contribution in [-0.2, 0) is 22.6 Å². The van der Waals surface area contributed by atoms with Gasteiger partial charge >= 0.3 is 0 Å². The van der Waals surface area contributed by atoms with Crippen LogP contribution >= 0.6 is 0 Å². The molecule has 1 aliphatic heterocycles. The molecule has 2 aromatic rings. The number of β-amino-alcohol motifs (C(OH)–C–C–N with tert-alkyl or cyclic N) is 1. The van der Waals surface area contributed by atoms with Gasteiger partial charge in [-0.15, -0.1) is 0 Å². The molecule has 26 heavy (non-hydrogen) atoms. The number of amides is 1. The van der Waals surface area contributed by atoms with E-state index in [0.29, 0.717) is 44.3 Å². The molecule has 1 amide bonds. The van der Waals surface area contributed by atoms with E-state index in [0.717, 1.165) is 12.0 Å². The third kappa shape index (κ3) is 5.12. The van der Waals surface area contributed by atoms with E-state index in [1.807, 2.05) is 30.3 Å². The zero-order valence-electron chi connectivity index (χ0n) is 15.1. The minimum absolute atomic E-state index is 0.00195. The second-order valence-electron chi connectivity index (χ2n) is 6.84. The van der Waals surface area contributed by atoms with Gasteiger partial charge in [0, 0.05) is 13.1 Å². The summed E-state index contributed by atoms with van der Waals surface area (Å²) in [6.45, 7) is 3.54. The van der Waals surface area contributed by atoms with Crippen molar-refractivity contribution in [3.05, 3.63) is 47.6 Å². The average molecular weight is 359 g/mol. The van der Waals surface area contributed by atoms with Crippen LogP contribution in [-0.4, -0.2) is 51.4 Å². The first-order valence-electron chi connectivity index (χ1n) is 8.95. The monoisotopic (exact) mass is 359 g/mol. The van der Waals surface area contributed by atoms with E-state index < -0.39 is 5.60 Å². The predicted molar refractivity (Wildman–Crippen MR) is 94.2 cm³/mol. The Bertz CT molecular complexity index is 719. The van der Waals surface area contributed by atoms with E-state index in [1.54, 1.807) is 11.8 Å². The summed E-state index contributed by atoms with van der Waals surface area (Å²) in [5.41, 5.74) is 0.0692. The summed E-state index contributed by atoms with van der Waals surface area (Å²) in [6, 6.07) is 9.87. The highest BCUT2D eigenvalue weighted by Crippen LogP contribution is 2.25. The number of ether oxygens (including phenoxy) is 1. The van der Waals surface area contributed by atoms with Crippen molar-refractivity contribution >= 4 is 5.91 Å². The first-order chi connectivity index (χ1) is 12.5. The number of nitrogens with zero attached hydrogens (tertiary/aromatic N) is 3. The maximum absolute atomic E-state index is 12.4. The molecule has 3 rings (SSSR count). The third-order valence-corrected chi connectivity index (χ3v) is 4.53. The largest absolute Gasteiger partial charge is 0.388 e. The SMILES string of the molecule is Cc1noc(CC2(O)CCCN(C(=O)CCOCc3ccccc3)C2)n1. The van der Waals surface area contributed by atoms with Gasteiger partial charge in [0.05, 0.1) is 31.7 Å². The van der Waals surface area contributed by atoms with Crippen molar-refractivity contribution in [2.24, 2.45) is 0 Å². The number of hydrogen-bond acceptors (Lipinski definition) is 6. The second kappa shape index (κ2) is 8.42. The van der Waals surface area contributed by atoms with Gasteiger partial charge < -0.3 is 19.3 Å². The number of aryl methyl sites for hydroxylation is 1. The molecule has 1 atom stereocenters. The zero-order valence-corrected chi connectivity index (χ0v) is 15.1. The fourth-order valence-electron chi connectivity index (χ4n) is 3.24. The van der Waals surface area contributed by atoms with Crippen molar-refractivity contribution in [1.82, 2.24) is 15.0 Å². The summed E-state index contributed by atoms with van der Waals surface area (Å²) < 4.78 is 10.7. The van der Waals surface area contributed by atoms with E-state index in [4.69, 9.17) is 9.26 Å². The molecule has 0 radical (unpaired) electrons. The maximum atomic E-state index is 12.4. The summed E-state index contributed by atoms with van der Waals surface area (Å²) in [5.74, 6) is 0.950. The van der Waals surface area contributed by atoms with Gasteiger partial charge in [-0.3, -0.25) is 4.79 Å². The molecule has 1 aromatic heterocycles. The molecule has 7 nitrogen and oxygen atoms in total. The summed E-state index contributed by atoms with van der Waals surface area (Å²) in [4.78, 5) is 18.3. The van der Waals surface area contributed by atoms with E-state index in [9.17, 15) is 9.90 Å². The maximum Gasteiger partial charge on any atom is 0.229 e. The fraction of sp³-hybridized carbons (Fsp3) is 0.526. The topological polar surface area (TPSA) is 88.7 Å². The number of hydrogen-bond donors (Lipinski definition) is 1. The molecule has 1 aromatic carbocycles. The van der Waals surface area contributed by atoms with Gasteiger partial charge in [0.1, 0.15) is 0 Å². The number of aliphatic hydroxyl groups is 1. The summed E-state index contributed by atoms with van der Waals surface area (Å²) >= 11 is 0. The van der Waals surface area contributed by atoms with E-state index in [1.165, 1.54) is 0 Å². The fourth-order valence-corrected chi connectivity index (χ4v) is 3.24. The molecule has 7 heteroatoms. The van der Waals surface area contributed by atoms with Gasteiger partial charge in [-0.2, -0.15) is 4.98 Å². The number of likely N-dealkylation sites (tertiary alicyclic amines) is 1. The van der Waals surface area contributed by atoms with Crippen LogP contribution in [0.1, 0.15) is 36.5 Å². The molecule has 140 valence electrons. The van der Waals surface area contributed by atoms with Crippen molar-refractivity contribution in [2.75, 3.05) is 19.7 Å². The Morgan fingerprint density at radius 2 is 2.19 bits per heavy atom. The Labute approximate surface area is 153 Å². The molecule has 1 unspecified atom stereocenters. The minimum atomic E-state index is -1.02. The Hall–Kier alpha value is -2.25. The summed E-state index contributed by atoms with van der Waals surface area (Å²) in [7, 11) is 0. The third-order valence-electron chi connectivity index (χ3n) is 4.53. The second-order valence-corrected chi connectivity index (χ2v) is 6.84. The number of carbonyl (C=O) groups is 1. The molecule has 0 aliphatic carbocycles. The minimum Gasteiger partial charge on any atom is -0.388 e. The van der Waals surface area contributed by atoms with Gasteiger partial charge in [-0.05, 0) is 25.3 Å². The first-order valence-corrected chi connectivity index (χ1v) is 8.95. The molecule has 1 N–H and O–H groups in total. The highest BCUT2D eigenvalue weighted by Gasteiger charge is 2.36. The Morgan fingerprint density at radius 3 is 2.92 bits per heavy atom. The molecular formula is C19H25N3O4. The van der Waals surface area contributed by atoms with Crippen LogP contribution in [0.25, 0.3) is 0 Å². The standard InChI is InChI=1S/C19H25N3O4/c1-15-20-17(26-21-15)12-19(24)9-5-10-22(14-19)18(23)8-11-25-13-16-6-3-2-4-7-16/h2-4,6-7,24H,5,8-14H2,1H3. The number of benzene rings is 1. The Kier molecular flexibility index (Phi) is 6.00.